The van der Waals surface area contributed by atoms with Crippen LogP contribution in [0, 0.1) is 0 Å². The van der Waals surface area contributed by atoms with Gasteiger partial charge in [-0.15, -0.1) is 0 Å². The smallest absolute Gasteiger partial charge is 0.275 e. The third kappa shape index (κ3) is 3.57. The maximum atomic E-state index is 12.3. The average Bonchev–Trinajstić information content (AvgIpc) is 2.79. The second-order valence-electron chi connectivity index (χ2n) is 5.09. The molecule has 1 aromatic heterocycles. The van der Waals surface area contributed by atoms with E-state index in [9.17, 15) is 13.2 Å². The maximum absolute atomic E-state index is 12.3. The zero-order valence-corrected chi connectivity index (χ0v) is 13.1. The summed E-state index contributed by atoms with van der Waals surface area (Å²) in [4.78, 5) is 13.5. The summed E-state index contributed by atoms with van der Waals surface area (Å²) in [6, 6.07) is 0. The Bertz CT molecular complexity index is 578. The fourth-order valence-electron chi connectivity index (χ4n) is 1.85. The molecule has 114 valence electrons. The lowest BCUT2D eigenvalue weighted by molar-refractivity contribution is 0.0783. The molecule has 1 amide bonds. The van der Waals surface area contributed by atoms with Gasteiger partial charge in [-0.1, -0.05) is 27.2 Å². The Morgan fingerprint density at radius 3 is 2.50 bits per heavy atom. The minimum Gasteiger partial charge on any atom is -0.340 e. The third-order valence-electron chi connectivity index (χ3n) is 3.01. The Labute approximate surface area is 119 Å². The highest BCUT2D eigenvalue weighted by Gasteiger charge is 2.29. The monoisotopic (exact) mass is 302 g/mol. The summed E-state index contributed by atoms with van der Waals surface area (Å²) < 4.78 is 23.5. The summed E-state index contributed by atoms with van der Waals surface area (Å²) in [6.07, 6.45) is 1.78. The molecule has 0 radical (unpaired) electrons. The van der Waals surface area contributed by atoms with Crippen LogP contribution in [0.25, 0.3) is 0 Å². The van der Waals surface area contributed by atoms with Gasteiger partial charge in [0.1, 0.15) is 4.90 Å². The van der Waals surface area contributed by atoms with E-state index in [1.807, 2.05) is 6.92 Å². The lowest BCUT2D eigenvalue weighted by Gasteiger charge is -2.16. The number of hydrogen-bond donors (Lipinski definition) is 2. The van der Waals surface area contributed by atoms with Crippen LogP contribution in [-0.4, -0.2) is 43.0 Å². The molecule has 1 heterocycles. The largest absolute Gasteiger partial charge is 0.340 e. The number of sulfonamides is 1. The van der Waals surface area contributed by atoms with Crippen LogP contribution in [0.15, 0.2) is 4.90 Å². The van der Waals surface area contributed by atoms with Crippen molar-refractivity contribution in [3.63, 3.8) is 0 Å². The van der Waals surface area contributed by atoms with Crippen molar-refractivity contribution < 1.29 is 13.2 Å². The van der Waals surface area contributed by atoms with Crippen molar-refractivity contribution >= 4 is 15.9 Å². The van der Waals surface area contributed by atoms with E-state index in [1.54, 1.807) is 20.9 Å². The minimum absolute atomic E-state index is 0.127. The van der Waals surface area contributed by atoms with Crippen LogP contribution in [0.1, 0.15) is 55.7 Å². The molecular weight excluding hydrogens is 280 g/mol. The number of nitrogens with one attached hydrogen (secondary N) is 1. The molecule has 1 rings (SSSR count). The Morgan fingerprint density at radius 2 is 2.05 bits per heavy atom. The van der Waals surface area contributed by atoms with Crippen LogP contribution < -0.4 is 5.14 Å². The van der Waals surface area contributed by atoms with Gasteiger partial charge in [-0.2, -0.15) is 5.10 Å². The van der Waals surface area contributed by atoms with Crippen molar-refractivity contribution in [1.29, 1.82) is 0 Å². The van der Waals surface area contributed by atoms with Gasteiger partial charge in [0.15, 0.2) is 5.69 Å². The molecule has 8 heteroatoms. The average molecular weight is 302 g/mol. The van der Waals surface area contributed by atoms with Crippen LogP contribution in [0.2, 0.25) is 0 Å². The Kier molecular flexibility index (Phi) is 5.29. The van der Waals surface area contributed by atoms with Crippen molar-refractivity contribution in [3.8, 4) is 0 Å². The van der Waals surface area contributed by atoms with Gasteiger partial charge in [-0.05, 0) is 12.3 Å². The summed E-state index contributed by atoms with van der Waals surface area (Å²) >= 11 is 0. The standard InChI is InChI=1S/C12H22N4O3S/c1-5-6-7-16(4)12(17)10-11(20(13,18)19)9(8(2)3)14-15-10/h8H,5-7H2,1-4H3,(H,14,15)(H2,13,18,19). The molecule has 0 atom stereocenters. The number of H-pyrrole nitrogens is 1. The first-order valence-electron chi connectivity index (χ1n) is 6.56. The number of nitrogens with zero attached hydrogens (tertiary/aromatic N) is 2. The number of carbonyl (C=O) groups is 1. The molecule has 0 aliphatic heterocycles. The van der Waals surface area contributed by atoms with Crippen molar-refractivity contribution in [2.45, 2.75) is 44.4 Å². The number of aromatic amines is 1. The van der Waals surface area contributed by atoms with Crippen LogP contribution in [0.4, 0.5) is 0 Å². The fraction of sp³-hybridized carbons (Fsp3) is 0.667. The van der Waals surface area contributed by atoms with Crippen LogP contribution in [-0.2, 0) is 10.0 Å². The first-order valence-corrected chi connectivity index (χ1v) is 8.11. The van der Waals surface area contributed by atoms with Gasteiger partial charge in [0.05, 0.1) is 5.69 Å². The van der Waals surface area contributed by atoms with Gasteiger partial charge >= 0.3 is 0 Å². The van der Waals surface area contributed by atoms with Crippen molar-refractivity contribution in [3.05, 3.63) is 11.4 Å². The van der Waals surface area contributed by atoms with E-state index in [1.165, 1.54) is 4.90 Å². The lowest BCUT2D eigenvalue weighted by Crippen LogP contribution is -2.30. The summed E-state index contributed by atoms with van der Waals surface area (Å²) in [7, 11) is -2.39. The number of carbonyl (C=O) groups excluding carboxylic acids is 1. The number of primary sulfonamides is 1. The predicted molar refractivity (Wildman–Crippen MR) is 75.9 cm³/mol. The predicted octanol–water partition coefficient (Wildman–Crippen LogP) is 1.05. The first-order chi connectivity index (χ1) is 9.20. The van der Waals surface area contributed by atoms with E-state index in [4.69, 9.17) is 5.14 Å². The summed E-state index contributed by atoms with van der Waals surface area (Å²) in [5, 5.41) is 11.7. The molecule has 0 saturated heterocycles. The highest BCUT2D eigenvalue weighted by atomic mass is 32.2. The Morgan fingerprint density at radius 1 is 1.45 bits per heavy atom. The normalized spacial score (nSPS) is 11.9. The molecule has 0 spiro atoms. The SMILES string of the molecule is CCCCN(C)C(=O)c1n[nH]c(C(C)C)c1S(N)(=O)=O. The van der Waals surface area contributed by atoms with Crippen molar-refractivity contribution in [1.82, 2.24) is 15.1 Å². The van der Waals surface area contributed by atoms with Gasteiger partial charge in [-0.3, -0.25) is 9.89 Å². The highest BCUT2D eigenvalue weighted by Crippen LogP contribution is 2.24. The van der Waals surface area contributed by atoms with Crippen molar-refractivity contribution in [2.75, 3.05) is 13.6 Å². The molecule has 0 aliphatic rings. The van der Waals surface area contributed by atoms with E-state index in [0.29, 0.717) is 12.2 Å². The maximum Gasteiger partial charge on any atom is 0.275 e. The van der Waals surface area contributed by atoms with Crippen LogP contribution >= 0.6 is 0 Å². The van der Waals surface area contributed by atoms with Crippen molar-refractivity contribution in [2.24, 2.45) is 5.14 Å². The van der Waals surface area contributed by atoms with Crippen LogP contribution in [0.3, 0.4) is 0 Å². The van der Waals surface area contributed by atoms with Gasteiger partial charge in [0.25, 0.3) is 5.91 Å². The lowest BCUT2D eigenvalue weighted by atomic mass is 10.1. The number of aromatic nitrogens is 2. The van der Waals surface area contributed by atoms with Gasteiger partial charge < -0.3 is 4.90 Å². The second kappa shape index (κ2) is 6.36. The van der Waals surface area contributed by atoms with E-state index in [0.717, 1.165) is 12.8 Å². The van der Waals surface area contributed by atoms with Gasteiger partial charge in [0, 0.05) is 13.6 Å². The topological polar surface area (TPSA) is 109 Å². The Balaban J connectivity index is 3.23. The second-order valence-corrected chi connectivity index (χ2v) is 6.59. The molecule has 1 aromatic rings. The summed E-state index contributed by atoms with van der Waals surface area (Å²) in [5.74, 6) is -0.566. The molecule has 0 fully saturated rings. The van der Waals surface area contributed by atoms with Gasteiger partial charge in [0.2, 0.25) is 10.0 Å². The molecule has 3 N–H and O–H groups in total. The molecule has 0 bridgehead atoms. The highest BCUT2D eigenvalue weighted by molar-refractivity contribution is 7.89. The zero-order chi connectivity index (χ0) is 15.5. The zero-order valence-electron chi connectivity index (χ0n) is 12.3. The number of rotatable bonds is 6. The molecule has 0 saturated carbocycles. The van der Waals surface area contributed by atoms with E-state index in [2.05, 4.69) is 10.2 Å². The molecule has 0 aromatic carbocycles. The quantitative estimate of drug-likeness (QED) is 0.818. The molecular formula is C12H22N4O3S. The van der Waals surface area contributed by atoms with Gasteiger partial charge in [-0.25, -0.2) is 13.6 Å². The number of hydrogen-bond acceptors (Lipinski definition) is 4. The third-order valence-corrected chi connectivity index (χ3v) is 3.99. The molecule has 0 aliphatic carbocycles. The number of amides is 1. The van der Waals surface area contributed by atoms with Crippen LogP contribution in [0.5, 0.6) is 0 Å². The molecule has 7 nitrogen and oxygen atoms in total. The van der Waals surface area contributed by atoms with E-state index < -0.39 is 15.9 Å². The summed E-state index contributed by atoms with van der Waals surface area (Å²) in [5.41, 5.74) is 0.231. The number of nitrogens with two attached hydrogens (primary N) is 1. The molecule has 20 heavy (non-hydrogen) atoms. The first kappa shape index (κ1) is 16.6. The number of unbranched alkanes of at least 4 members (excludes halogenated alkanes) is 1. The fourth-order valence-corrected chi connectivity index (χ4v) is 2.84. The molecule has 0 unspecified atom stereocenters. The van der Waals surface area contributed by atoms with E-state index in [-0.39, 0.29) is 16.5 Å². The Hall–Kier alpha value is -1.41. The minimum atomic E-state index is -4.01. The summed E-state index contributed by atoms with van der Waals surface area (Å²) in [6.45, 7) is 6.16. The van der Waals surface area contributed by atoms with E-state index >= 15 is 0 Å².